The summed E-state index contributed by atoms with van der Waals surface area (Å²) < 4.78 is 76.8. The number of halogens is 5. The van der Waals surface area contributed by atoms with Crippen molar-refractivity contribution in [3.05, 3.63) is 54.9 Å². The summed E-state index contributed by atoms with van der Waals surface area (Å²) in [5, 5.41) is 12.2. The van der Waals surface area contributed by atoms with Crippen LogP contribution in [0, 0.1) is 11.5 Å². The molecule has 4 rings (SSSR count). The molecule has 15 heteroatoms. The van der Waals surface area contributed by atoms with Crippen molar-refractivity contribution in [3.63, 3.8) is 0 Å². The number of ether oxygens (including phenoxy) is 2. The topological polar surface area (TPSA) is 108 Å². The average Bonchev–Trinajstić information content (AvgIpc) is 3.35. The standard InChI is InChI=1S/C22H29F5N4O4S.C5H5N/c1-22(2)11-15(8-9-35-22)29-20(32)13-31(21(33)19-10-17(34-3)12-30(19)14-28)16-4-6-18(7-5-16)36(23,24,25,26)27;1-2-4-6-5-3-1/h4-7,15,17,19H,8-13H2,1-3H3,(H,29,32);1-5H. The highest BCUT2D eigenvalue weighted by atomic mass is 32.5. The number of nitrogens with zero attached hydrogens (tertiary/aromatic N) is 4. The molecule has 1 aromatic carbocycles. The van der Waals surface area contributed by atoms with E-state index in [1.165, 1.54) is 7.11 Å². The molecule has 9 nitrogen and oxygen atoms in total. The minimum atomic E-state index is -9.93. The fraction of sp³-hybridized carbons (Fsp3) is 0.481. The van der Waals surface area contributed by atoms with Crippen LogP contribution in [-0.2, 0) is 19.1 Å². The van der Waals surface area contributed by atoms with Gasteiger partial charge in [-0.1, -0.05) is 25.5 Å². The van der Waals surface area contributed by atoms with Crippen molar-refractivity contribution >= 4 is 27.7 Å². The average molecular weight is 620 g/mol. The first-order valence-electron chi connectivity index (χ1n) is 13.1. The van der Waals surface area contributed by atoms with Crippen LogP contribution in [0.5, 0.6) is 0 Å². The van der Waals surface area contributed by atoms with Gasteiger partial charge in [-0.2, -0.15) is 5.26 Å². The zero-order valence-electron chi connectivity index (χ0n) is 23.4. The molecule has 2 aliphatic heterocycles. The van der Waals surface area contributed by atoms with E-state index in [1.807, 2.05) is 38.2 Å². The van der Waals surface area contributed by atoms with Gasteiger partial charge in [0.15, 0.2) is 6.19 Å². The van der Waals surface area contributed by atoms with Crippen LogP contribution in [0.1, 0.15) is 33.1 Å². The van der Waals surface area contributed by atoms with E-state index >= 15 is 0 Å². The number of pyridine rings is 1. The Morgan fingerprint density at radius 1 is 1.17 bits per heavy atom. The summed E-state index contributed by atoms with van der Waals surface area (Å²) >= 11 is 0. The van der Waals surface area contributed by atoms with Crippen molar-refractivity contribution < 1.29 is 38.5 Å². The Labute approximate surface area is 241 Å². The first-order valence-corrected chi connectivity index (χ1v) is 15.0. The Morgan fingerprint density at radius 2 is 1.81 bits per heavy atom. The van der Waals surface area contributed by atoms with Gasteiger partial charge in [0.05, 0.1) is 18.2 Å². The summed E-state index contributed by atoms with van der Waals surface area (Å²) in [4.78, 5) is 30.0. The van der Waals surface area contributed by atoms with Gasteiger partial charge in [-0.15, -0.1) is 0 Å². The van der Waals surface area contributed by atoms with Gasteiger partial charge in [0.1, 0.15) is 17.5 Å². The van der Waals surface area contributed by atoms with Gasteiger partial charge in [-0.25, -0.2) is 0 Å². The summed E-state index contributed by atoms with van der Waals surface area (Å²) in [6.07, 6.45) is 6.08. The fourth-order valence-corrected chi connectivity index (χ4v) is 5.41. The lowest BCUT2D eigenvalue weighted by Gasteiger charge is -2.40. The molecule has 0 spiro atoms. The number of hydrogen-bond donors (Lipinski definition) is 1. The number of amides is 2. The maximum atomic E-state index is 13.4. The molecule has 3 atom stereocenters. The molecular formula is C27H34F5N5O4S. The summed E-state index contributed by atoms with van der Waals surface area (Å²) in [5.41, 5.74) is -0.661. The zero-order chi connectivity index (χ0) is 31.2. The lowest BCUT2D eigenvalue weighted by molar-refractivity contribution is -0.127. The maximum absolute atomic E-state index is 13.4. The molecule has 3 heterocycles. The Hall–Kier alpha value is -3.48. The predicted molar refractivity (Wildman–Crippen MR) is 147 cm³/mol. The Morgan fingerprint density at radius 3 is 2.29 bits per heavy atom. The molecule has 0 aliphatic carbocycles. The SMILES string of the molecule is COC1CC(C(=O)N(CC(=O)NC2CCOC(C)(C)C2)c2ccc(S(F)(F)(F)(F)F)cc2)N(C#N)C1.c1ccncc1. The first kappa shape index (κ1) is 33.0. The number of carbonyl (C=O) groups is 2. The second-order valence-electron chi connectivity index (χ2n) is 10.6. The third kappa shape index (κ3) is 9.27. The molecule has 3 unspecified atom stereocenters. The summed E-state index contributed by atoms with van der Waals surface area (Å²) in [5.74, 6) is -1.33. The van der Waals surface area contributed by atoms with Crippen LogP contribution in [0.15, 0.2) is 59.8 Å². The minimum Gasteiger partial charge on any atom is -0.379 e. The number of anilines is 1. The lowest BCUT2D eigenvalue weighted by atomic mass is 9.94. The summed E-state index contributed by atoms with van der Waals surface area (Å²) in [7, 11) is -8.52. The van der Waals surface area contributed by atoms with E-state index in [9.17, 15) is 34.3 Å². The molecule has 2 amide bonds. The molecule has 42 heavy (non-hydrogen) atoms. The van der Waals surface area contributed by atoms with Crippen LogP contribution < -0.4 is 10.2 Å². The molecule has 2 aromatic rings. The van der Waals surface area contributed by atoms with Gasteiger partial charge in [0.25, 0.3) is 5.91 Å². The molecule has 2 aliphatic rings. The van der Waals surface area contributed by atoms with Gasteiger partial charge in [-0.05, 0) is 63.1 Å². The third-order valence-electron chi connectivity index (χ3n) is 6.80. The molecular weight excluding hydrogens is 585 g/mol. The number of nitriles is 1. The fourth-order valence-electron chi connectivity index (χ4n) is 4.76. The second-order valence-corrected chi connectivity index (χ2v) is 13.0. The second kappa shape index (κ2) is 12.0. The largest absolute Gasteiger partial charge is 0.379 e. The number of methoxy groups -OCH3 is 1. The predicted octanol–water partition coefficient (Wildman–Crippen LogP) is 5.40. The van der Waals surface area contributed by atoms with E-state index in [0.717, 1.165) is 21.9 Å². The van der Waals surface area contributed by atoms with Crippen molar-refractivity contribution in [1.82, 2.24) is 15.2 Å². The number of aromatic nitrogens is 1. The molecule has 0 radical (unpaired) electrons. The first-order chi connectivity index (χ1) is 19.4. The molecule has 2 saturated heterocycles. The maximum Gasteiger partial charge on any atom is 0.310 e. The van der Waals surface area contributed by atoms with Crippen LogP contribution in [0.2, 0.25) is 0 Å². The number of rotatable bonds is 7. The number of hydrogen-bond acceptors (Lipinski definition) is 7. The molecule has 0 saturated carbocycles. The molecule has 2 fully saturated rings. The van der Waals surface area contributed by atoms with Crippen molar-refractivity contribution in [2.24, 2.45) is 0 Å². The number of likely N-dealkylation sites (tertiary alicyclic amines) is 1. The molecule has 1 aromatic heterocycles. The van der Waals surface area contributed by atoms with Crippen LogP contribution in [0.3, 0.4) is 0 Å². The van der Waals surface area contributed by atoms with Gasteiger partial charge < -0.3 is 19.7 Å². The van der Waals surface area contributed by atoms with E-state index < -0.39 is 51.2 Å². The Kier molecular flexibility index (Phi) is 9.45. The molecule has 1 N–H and O–H groups in total. The van der Waals surface area contributed by atoms with E-state index in [-0.39, 0.29) is 36.8 Å². The van der Waals surface area contributed by atoms with Crippen LogP contribution in [-0.4, -0.2) is 72.3 Å². The Bertz CT molecular complexity index is 1250. The van der Waals surface area contributed by atoms with E-state index in [0.29, 0.717) is 19.4 Å². The van der Waals surface area contributed by atoms with Crippen LogP contribution in [0.25, 0.3) is 0 Å². The summed E-state index contributed by atoms with van der Waals surface area (Å²) in [6.45, 7) is 3.67. The van der Waals surface area contributed by atoms with Gasteiger partial charge in [0, 0.05) is 44.3 Å². The van der Waals surface area contributed by atoms with Crippen LogP contribution in [0.4, 0.5) is 25.1 Å². The normalized spacial score (nSPS) is 23.3. The van der Waals surface area contributed by atoms with Crippen molar-refractivity contribution in [3.8, 4) is 6.19 Å². The minimum absolute atomic E-state index is 0.110. The van der Waals surface area contributed by atoms with Gasteiger partial charge in [-0.3, -0.25) is 19.5 Å². The van der Waals surface area contributed by atoms with E-state index in [2.05, 4.69) is 10.3 Å². The lowest BCUT2D eigenvalue weighted by Crippen LogP contribution is -2.51. The third-order valence-corrected chi connectivity index (χ3v) is 7.96. The number of carbonyl (C=O) groups excluding carboxylic acids is 2. The van der Waals surface area contributed by atoms with Crippen molar-refractivity contribution in [2.45, 2.75) is 61.8 Å². The van der Waals surface area contributed by atoms with Crippen LogP contribution >= 0.6 is 10.2 Å². The molecule has 0 bridgehead atoms. The smallest absolute Gasteiger partial charge is 0.310 e. The monoisotopic (exact) mass is 619 g/mol. The van der Waals surface area contributed by atoms with Crippen molar-refractivity contribution in [2.75, 3.05) is 31.7 Å². The van der Waals surface area contributed by atoms with Gasteiger partial charge in [0.2, 0.25) is 5.91 Å². The van der Waals surface area contributed by atoms with E-state index in [1.54, 1.807) is 12.4 Å². The highest BCUT2D eigenvalue weighted by Gasteiger charge is 2.65. The summed E-state index contributed by atoms with van der Waals surface area (Å²) in [6, 6.07) is 6.23. The van der Waals surface area contributed by atoms with Gasteiger partial charge >= 0.3 is 10.2 Å². The zero-order valence-corrected chi connectivity index (χ0v) is 24.2. The number of nitrogens with one attached hydrogen (secondary N) is 1. The molecule has 232 valence electrons. The number of benzene rings is 1. The quantitative estimate of drug-likeness (QED) is 0.327. The Balaban J connectivity index is 0.000000715. The van der Waals surface area contributed by atoms with E-state index in [4.69, 9.17) is 9.47 Å². The van der Waals surface area contributed by atoms with Crippen molar-refractivity contribution in [1.29, 1.82) is 5.26 Å². The highest BCUT2D eigenvalue weighted by molar-refractivity contribution is 8.45. The highest BCUT2D eigenvalue weighted by Crippen LogP contribution is 3.02.